The van der Waals surface area contributed by atoms with Crippen molar-refractivity contribution in [1.29, 1.82) is 0 Å². The van der Waals surface area contributed by atoms with Crippen LogP contribution in [0, 0.1) is 12.7 Å². The summed E-state index contributed by atoms with van der Waals surface area (Å²) in [4.78, 5) is 30.4. The maximum Gasteiger partial charge on any atom is 0.273 e. The van der Waals surface area contributed by atoms with Crippen molar-refractivity contribution in [2.45, 2.75) is 25.8 Å². The van der Waals surface area contributed by atoms with Crippen LogP contribution in [0.5, 0.6) is 11.6 Å². The van der Waals surface area contributed by atoms with Gasteiger partial charge in [-0.2, -0.15) is 14.6 Å². The van der Waals surface area contributed by atoms with Crippen molar-refractivity contribution in [2.75, 3.05) is 12.4 Å². The van der Waals surface area contributed by atoms with Crippen LogP contribution in [-0.2, 0) is 9.59 Å². The molecule has 0 spiro atoms. The van der Waals surface area contributed by atoms with E-state index in [9.17, 15) is 9.59 Å². The summed E-state index contributed by atoms with van der Waals surface area (Å²) < 4.78 is 22.6. The normalized spacial score (nSPS) is 13.8. The molecular formula is C23H22FN7O3. The highest BCUT2D eigenvalue weighted by atomic mass is 19.1. The third-order valence-corrected chi connectivity index (χ3v) is 5.46. The molecule has 4 N–H and O–H groups in total. The number of likely N-dealkylation sites (N-methyl/N-ethyl adjacent to an activating group) is 1. The Bertz CT molecular complexity index is 1450. The van der Waals surface area contributed by atoms with Gasteiger partial charge in [0, 0.05) is 41.3 Å². The van der Waals surface area contributed by atoms with Gasteiger partial charge in [0.1, 0.15) is 11.5 Å². The molecule has 0 aliphatic heterocycles. The number of aryl methyl sites for hydroxylation is 1. The van der Waals surface area contributed by atoms with Crippen molar-refractivity contribution in [3.05, 3.63) is 53.2 Å². The number of carbonyl (C=O) groups is 2. The first-order chi connectivity index (χ1) is 16.5. The molecular weight excluding hydrogens is 441 g/mol. The Labute approximate surface area is 193 Å². The second-order valence-corrected chi connectivity index (χ2v) is 8.03. The lowest BCUT2D eigenvalue weighted by Gasteiger charge is -2.12. The summed E-state index contributed by atoms with van der Waals surface area (Å²) >= 11 is 0. The number of fused-ring (bicyclic) bond motifs is 2. The Morgan fingerprint density at radius 3 is 2.88 bits per heavy atom. The smallest absolute Gasteiger partial charge is 0.273 e. The van der Waals surface area contributed by atoms with E-state index in [0.29, 0.717) is 40.4 Å². The Hall–Kier alpha value is -4.41. The van der Waals surface area contributed by atoms with Crippen molar-refractivity contribution in [3.8, 4) is 11.6 Å². The highest BCUT2D eigenvalue weighted by Crippen LogP contribution is 2.33. The van der Waals surface area contributed by atoms with Crippen molar-refractivity contribution in [2.24, 2.45) is 0 Å². The fourth-order valence-electron chi connectivity index (χ4n) is 3.67. The number of aromatic amines is 1. The van der Waals surface area contributed by atoms with E-state index in [4.69, 9.17) is 4.74 Å². The monoisotopic (exact) mass is 463 g/mol. The summed E-state index contributed by atoms with van der Waals surface area (Å²) in [7, 11) is 1.56. The lowest BCUT2D eigenvalue weighted by molar-refractivity contribution is -0.122. The summed E-state index contributed by atoms with van der Waals surface area (Å²) in [6, 6.07) is 6.99. The quantitative estimate of drug-likeness (QED) is 0.234. The maximum absolute atomic E-state index is 15.1. The minimum absolute atomic E-state index is 0.0404. The fourth-order valence-corrected chi connectivity index (χ4v) is 3.67. The summed E-state index contributed by atoms with van der Waals surface area (Å²) in [6.45, 7) is 1.86. The standard InChI is InChI=1S/C23H22FN7O3/c1-12-7-15-16(28-12)5-6-18(21(15)24)34-20-9-19(29-14-3-4-14)31-22(30-20)13(10-27-31)8-17(25-2)23(33)26-11-32/h5-11,14,25,28-29H,3-4H2,1-2H3,(H,26,32,33)/b17-8-. The fraction of sp³-hybridized carbons (Fsp3) is 0.217. The van der Waals surface area contributed by atoms with Crippen LogP contribution < -0.4 is 20.7 Å². The number of halogens is 1. The van der Waals surface area contributed by atoms with E-state index < -0.39 is 11.7 Å². The van der Waals surface area contributed by atoms with E-state index in [1.807, 2.05) is 6.92 Å². The van der Waals surface area contributed by atoms with E-state index in [2.05, 4.69) is 31.0 Å². The molecule has 4 aromatic rings. The number of ether oxygens (including phenoxy) is 1. The van der Waals surface area contributed by atoms with Crippen LogP contribution in [0.15, 0.2) is 36.2 Å². The number of amides is 2. The van der Waals surface area contributed by atoms with Crippen molar-refractivity contribution in [1.82, 2.24) is 30.2 Å². The van der Waals surface area contributed by atoms with Gasteiger partial charge in [0.05, 0.1) is 6.20 Å². The molecule has 0 atom stereocenters. The molecule has 174 valence electrons. The molecule has 3 heterocycles. The zero-order chi connectivity index (χ0) is 23.8. The third-order valence-electron chi connectivity index (χ3n) is 5.46. The van der Waals surface area contributed by atoms with Gasteiger partial charge in [0.15, 0.2) is 17.2 Å². The van der Waals surface area contributed by atoms with Crippen molar-refractivity contribution in [3.63, 3.8) is 0 Å². The molecule has 0 bridgehead atoms. The Morgan fingerprint density at radius 1 is 1.32 bits per heavy atom. The first-order valence-electron chi connectivity index (χ1n) is 10.7. The predicted molar refractivity (Wildman–Crippen MR) is 124 cm³/mol. The van der Waals surface area contributed by atoms with Crippen molar-refractivity contribution < 1.29 is 18.7 Å². The average molecular weight is 463 g/mol. The molecule has 11 heteroatoms. The van der Waals surface area contributed by atoms with E-state index in [1.54, 1.807) is 42.0 Å². The molecule has 34 heavy (non-hydrogen) atoms. The van der Waals surface area contributed by atoms with Crippen LogP contribution in [0.2, 0.25) is 0 Å². The summed E-state index contributed by atoms with van der Waals surface area (Å²) in [5, 5.41) is 13.0. The van der Waals surface area contributed by atoms with Gasteiger partial charge in [-0.1, -0.05) is 0 Å². The third kappa shape index (κ3) is 4.03. The molecule has 1 aromatic carbocycles. The molecule has 0 unspecified atom stereocenters. The first kappa shape index (κ1) is 21.4. The molecule has 0 saturated heterocycles. The predicted octanol–water partition coefficient (Wildman–Crippen LogP) is 2.86. The van der Waals surface area contributed by atoms with Gasteiger partial charge in [0.25, 0.3) is 5.91 Å². The number of hydrogen-bond donors (Lipinski definition) is 4. The number of aromatic nitrogens is 4. The lowest BCUT2D eigenvalue weighted by atomic mass is 10.2. The number of hydrogen-bond acceptors (Lipinski definition) is 7. The molecule has 1 fully saturated rings. The van der Waals surface area contributed by atoms with Gasteiger partial charge in [-0.15, -0.1) is 0 Å². The van der Waals surface area contributed by atoms with Gasteiger partial charge < -0.3 is 20.4 Å². The molecule has 5 rings (SSSR count). The molecule has 1 aliphatic rings. The van der Waals surface area contributed by atoms with E-state index in [1.165, 1.54) is 6.08 Å². The molecule has 10 nitrogen and oxygen atoms in total. The molecule has 2 amide bonds. The summed E-state index contributed by atoms with van der Waals surface area (Å²) in [5.41, 5.74) is 2.57. The van der Waals surface area contributed by atoms with Gasteiger partial charge in [0.2, 0.25) is 12.3 Å². The lowest BCUT2D eigenvalue weighted by Crippen LogP contribution is -2.28. The Kier molecular flexibility index (Phi) is 5.36. The topological polar surface area (TPSA) is 125 Å². The van der Waals surface area contributed by atoms with Crippen LogP contribution in [0.3, 0.4) is 0 Å². The number of nitrogens with zero attached hydrogens (tertiary/aromatic N) is 3. The highest BCUT2D eigenvalue weighted by molar-refractivity contribution is 6.02. The molecule has 1 saturated carbocycles. The largest absolute Gasteiger partial charge is 0.436 e. The van der Waals surface area contributed by atoms with Crippen LogP contribution in [-0.4, -0.2) is 45.0 Å². The van der Waals surface area contributed by atoms with Gasteiger partial charge in [-0.3, -0.25) is 14.9 Å². The molecule has 3 aromatic heterocycles. The average Bonchev–Trinajstić information content (AvgIpc) is 3.40. The van der Waals surface area contributed by atoms with E-state index >= 15 is 4.39 Å². The first-order valence-corrected chi connectivity index (χ1v) is 10.7. The minimum Gasteiger partial charge on any atom is -0.436 e. The summed E-state index contributed by atoms with van der Waals surface area (Å²) in [6.07, 6.45) is 5.44. The Morgan fingerprint density at radius 2 is 2.15 bits per heavy atom. The van der Waals surface area contributed by atoms with E-state index in [0.717, 1.165) is 18.5 Å². The number of carbonyl (C=O) groups excluding carboxylic acids is 2. The molecule has 0 radical (unpaired) electrons. The van der Waals surface area contributed by atoms with Gasteiger partial charge in [-0.25, -0.2) is 4.39 Å². The van der Waals surface area contributed by atoms with Crippen molar-refractivity contribution >= 4 is 40.8 Å². The number of rotatable bonds is 8. The van der Waals surface area contributed by atoms with E-state index in [-0.39, 0.29) is 17.3 Å². The molecule has 1 aliphatic carbocycles. The second-order valence-electron chi connectivity index (χ2n) is 8.03. The minimum atomic E-state index is -0.599. The zero-order valence-corrected chi connectivity index (χ0v) is 18.5. The van der Waals surface area contributed by atoms with Gasteiger partial charge in [-0.05, 0) is 44.0 Å². The number of nitrogens with one attached hydrogen (secondary N) is 4. The number of H-pyrrole nitrogens is 1. The van der Waals surface area contributed by atoms with Crippen LogP contribution >= 0.6 is 0 Å². The number of anilines is 1. The maximum atomic E-state index is 15.1. The van der Waals surface area contributed by atoms with Crippen LogP contribution in [0.4, 0.5) is 10.2 Å². The number of imide groups is 1. The SMILES string of the molecule is CN/C(=C\c1cnn2c(NC3CC3)cc(Oc3ccc4[nH]c(C)cc4c3F)nc12)C(=O)NC=O. The zero-order valence-electron chi connectivity index (χ0n) is 18.5. The highest BCUT2D eigenvalue weighted by Gasteiger charge is 2.24. The van der Waals surface area contributed by atoms with Gasteiger partial charge >= 0.3 is 0 Å². The number of benzene rings is 1. The Balaban J connectivity index is 1.58. The second kappa shape index (κ2) is 8.50. The summed E-state index contributed by atoms with van der Waals surface area (Å²) in [5.74, 6) is -0.252. The van der Waals surface area contributed by atoms with Crippen LogP contribution in [0.1, 0.15) is 24.1 Å². The van der Waals surface area contributed by atoms with Crippen LogP contribution in [0.25, 0.3) is 22.6 Å².